The molecular weight excluding hydrogens is 318 g/mol. The van der Waals surface area contributed by atoms with Crippen LogP contribution in [0.4, 0.5) is 14.5 Å². The van der Waals surface area contributed by atoms with Crippen molar-refractivity contribution >= 4 is 21.7 Å². The lowest BCUT2D eigenvalue weighted by Crippen LogP contribution is -2.15. The molecule has 0 aliphatic rings. The molecule has 0 saturated heterocycles. The average molecular weight is 328 g/mol. The van der Waals surface area contributed by atoms with Crippen LogP contribution in [0.2, 0.25) is 0 Å². The first-order chi connectivity index (χ1) is 10.3. The van der Waals surface area contributed by atoms with Gasteiger partial charge in [0.15, 0.2) is 0 Å². The van der Waals surface area contributed by atoms with Gasteiger partial charge in [-0.2, -0.15) is 0 Å². The van der Waals surface area contributed by atoms with Gasteiger partial charge >= 0.3 is 5.97 Å². The van der Waals surface area contributed by atoms with E-state index in [4.69, 9.17) is 0 Å². The topological polar surface area (TPSA) is 85.4 Å². The molecular formula is C13H10F2N2O4S. The molecule has 0 unspecified atom stereocenters. The molecule has 0 amide bonds. The summed E-state index contributed by atoms with van der Waals surface area (Å²) >= 11 is 0. The Morgan fingerprint density at radius 2 is 1.73 bits per heavy atom. The molecule has 0 fully saturated rings. The molecule has 0 bridgehead atoms. The fourth-order valence-corrected chi connectivity index (χ4v) is 2.69. The van der Waals surface area contributed by atoms with E-state index < -0.39 is 33.2 Å². The molecule has 2 rings (SSSR count). The third kappa shape index (κ3) is 3.19. The van der Waals surface area contributed by atoms with Crippen LogP contribution in [0.25, 0.3) is 0 Å². The molecule has 6 nitrogen and oxygen atoms in total. The Morgan fingerprint density at radius 1 is 1.18 bits per heavy atom. The molecule has 1 aromatic heterocycles. The highest BCUT2D eigenvalue weighted by Crippen LogP contribution is 2.22. The normalized spacial score (nSPS) is 11.0. The first-order valence-corrected chi connectivity index (χ1v) is 7.33. The summed E-state index contributed by atoms with van der Waals surface area (Å²) in [5, 5.41) is 0. The summed E-state index contributed by atoms with van der Waals surface area (Å²) in [4.78, 5) is 14.8. The molecule has 0 saturated carbocycles. The van der Waals surface area contributed by atoms with Crippen molar-refractivity contribution in [2.45, 2.75) is 4.90 Å². The van der Waals surface area contributed by atoms with E-state index in [0.717, 1.165) is 7.11 Å². The number of methoxy groups -OCH3 is 1. The Balaban J connectivity index is 2.38. The van der Waals surface area contributed by atoms with E-state index in [9.17, 15) is 22.0 Å². The maximum atomic E-state index is 13.7. The summed E-state index contributed by atoms with van der Waals surface area (Å²) in [5.41, 5.74) is -1.26. The molecule has 0 aliphatic carbocycles. The van der Waals surface area contributed by atoms with E-state index in [0.29, 0.717) is 12.1 Å². The van der Waals surface area contributed by atoms with Crippen molar-refractivity contribution in [1.82, 2.24) is 4.98 Å². The summed E-state index contributed by atoms with van der Waals surface area (Å²) < 4.78 is 57.8. The van der Waals surface area contributed by atoms with Crippen molar-refractivity contribution in [3.8, 4) is 0 Å². The van der Waals surface area contributed by atoms with Crippen LogP contribution in [0.3, 0.4) is 0 Å². The highest BCUT2D eigenvalue weighted by Gasteiger charge is 2.21. The van der Waals surface area contributed by atoms with E-state index >= 15 is 0 Å². The van der Waals surface area contributed by atoms with Crippen LogP contribution < -0.4 is 4.72 Å². The lowest BCUT2D eigenvalue weighted by atomic mass is 10.2. The Morgan fingerprint density at radius 3 is 2.23 bits per heavy atom. The molecule has 1 aromatic carbocycles. The van der Waals surface area contributed by atoms with Crippen LogP contribution in [0.1, 0.15) is 10.4 Å². The number of benzene rings is 1. The Labute approximate surface area is 124 Å². The average Bonchev–Trinajstić information content (AvgIpc) is 2.46. The van der Waals surface area contributed by atoms with Crippen LogP contribution in [-0.2, 0) is 14.8 Å². The van der Waals surface area contributed by atoms with Crippen molar-refractivity contribution in [2.24, 2.45) is 0 Å². The number of ether oxygens (including phenoxy) is 1. The molecule has 1 heterocycles. The van der Waals surface area contributed by atoms with Crippen LogP contribution in [-0.4, -0.2) is 26.5 Å². The van der Waals surface area contributed by atoms with Crippen molar-refractivity contribution in [2.75, 3.05) is 11.8 Å². The van der Waals surface area contributed by atoms with Gasteiger partial charge in [0.1, 0.15) is 17.2 Å². The van der Waals surface area contributed by atoms with E-state index in [2.05, 4.69) is 9.72 Å². The first kappa shape index (κ1) is 15.8. The number of esters is 1. The van der Waals surface area contributed by atoms with E-state index in [1.54, 1.807) is 0 Å². The van der Waals surface area contributed by atoms with Gasteiger partial charge in [0.2, 0.25) is 0 Å². The van der Waals surface area contributed by atoms with E-state index in [1.807, 2.05) is 4.72 Å². The number of nitrogens with one attached hydrogen (secondary N) is 1. The summed E-state index contributed by atoms with van der Waals surface area (Å²) in [5.74, 6) is -3.67. The number of aromatic nitrogens is 1. The summed E-state index contributed by atoms with van der Waals surface area (Å²) in [6, 6.07) is 3.82. The number of anilines is 1. The number of rotatable bonds is 4. The fraction of sp³-hybridized carbons (Fsp3) is 0.0769. The summed E-state index contributed by atoms with van der Waals surface area (Å²) in [6.07, 6.45) is 2.52. The molecule has 0 aliphatic heterocycles. The quantitative estimate of drug-likeness (QED) is 0.867. The lowest BCUT2D eigenvalue weighted by Gasteiger charge is -2.10. The van der Waals surface area contributed by atoms with E-state index in [-0.39, 0.29) is 10.6 Å². The minimum Gasteiger partial charge on any atom is -0.465 e. The van der Waals surface area contributed by atoms with Gasteiger partial charge in [-0.1, -0.05) is 0 Å². The van der Waals surface area contributed by atoms with Crippen molar-refractivity contribution in [1.29, 1.82) is 0 Å². The zero-order chi connectivity index (χ0) is 16.3. The summed E-state index contributed by atoms with van der Waals surface area (Å²) in [7, 11) is -3.05. The molecule has 9 heteroatoms. The van der Waals surface area contributed by atoms with Gasteiger partial charge in [-0.3, -0.25) is 9.71 Å². The van der Waals surface area contributed by atoms with Gasteiger partial charge in [0, 0.05) is 12.4 Å². The Hall–Kier alpha value is -2.55. The van der Waals surface area contributed by atoms with Gasteiger partial charge in [-0.15, -0.1) is 0 Å². The Kier molecular flexibility index (Phi) is 4.36. The highest BCUT2D eigenvalue weighted by molar-refractivity contribution is 7.92. The number of pyridine rings is 1. The lowest BCUT2D eigenvalue weighted by molar-refractivity contribution is 0.0590. The van der Waals surface area contributed by atoms with Gasteiger partial charge in [-0.25, -0.2) is 22.0 Å². The molecule has 22 heavy (non-hydrogen) atoms. The number of hydrogen-bond acceptors (Lipinski definition) is 5. The fourth-order valence-electron chi connectivity index (χ4n) is 1.66. The largest absolute Gasteiger partial charge is 0.465 e. The van der Waals surface area contributed by atoms with Crippen LogP contribution in [0.15, 0.2) is 41.6 Å². The van der Waals surface area contributed by atoms with Gasteiger partial charge in [-0.05, 0) is 24.3 Å². The molecule has 116 valence electrons. The maximum Gasteiger partial charge on any atom is 0.343 e. The first-order valence-electron chi connectivity index (χ1n) is 5.85. The second-order valence-electron chi connectivity index (χ2n) is 4.09. The van der Waals surface area contributed by atoms with Gasteiger partial charge < -0.3 is 4.74 Å². The third-order valence-corrected chi connectivity index (χ3v) is 4.04. The predicted molar refractivity (Wildman–Crippen MR) is 72.7 cm³/mol. The number of carbonyl (C=O) groups is 1. The van der Waals surface area contributed by atoms with Crippen molar-refractivity contribution in [3.05, 3.63) is 53.9 Å². The second-order valence-corrected chi connectivity index (χ2v) is 5.78. The molecule has 0 atom stereocenters. The molecule has 0 radical (unpaired) electrons. The molecule has 1 N–H and O–H groups in total. The number of nitrogens with zero attached hydrogens (tertiary/aromatic N) is 1. The number of hydrogen-bond donors (Lipinski definition) is 1. The van der Waals surface area contributed by atoms with Gasteiger partial charge in [0.25, 0.3) is 10.0 Å². The molecule has 0 spiro atoms. The number of carbonyl (C=O) groups excluding carboxylic acids is 1. The van der Waals surface area contributed by atoms with Crippen LogP contribution in [0.5, 0.6) is 0 Å². The minimum atomic E-state index is -4.03. The van der Waals surface area contributed by atoms with Crippen molar-refractivity contribution in [3.63, 3.8) is 0 Å². The standard InChI is InChI=1S/C13H10F2N2O4S/c1-21-13(18)12-10(14)6-8(7-11(12)15)17-22(19,20)9-2-4-16-5-3-9/h2-7,17H,1H3. The number of sulfonamides is 1. The highest BCUT2D eigenvalue weighted by atomic mass is 32.2. The smallest absolute Gasteiger partial charge is 0.343 e. The second kappa shape index (κ2) is 6.06. The zero-order valence-corrected chi connectivity index (χ0v) is 12.0. The predicted octanol–water partition coefficient (Wildman–Crippen LogP) is 1.95. The van der Waals surface area contributed by atoms with Crippen LogP contribution >= 0.6 is 0 Å². The Bertz CT molecular complexity index is 787. The zero-order valence-electron chi connectivity index (χ0n) is 11.2. The molecule has 2 aromatic rings. The SMILES string of the molecule is COC(=O)c1c(F)cc(NS(=O)(=O)c2ccncc2)cc1F. The monoisotopic (exact) mass is 328 g/mol. The third-order valence-electron chi connectivity index (χ3n) is 2.64. The van der Waals surface area contributed by atoms with Gasteiger partial charge in [0.05, 0.1) is 17.7 Å². The van der Waals surface area contributed by atoms with Crippen LogP contribution in [0, 0.1) is 11.6 Å². The summed E-state index contributed by atoms with van der Waals surface area (Å²) in [6.45, 7) is 0. The minimum absolute atomic E-state index is 0.125. The maximum absolute atomic E-state index is 13.7. The van der Waals surface area contributed by atoms with E-state index in [1.165, 1.54) is 24.5 Å². The number of halogens is 2. The van der Waals surface area contributed by atoms with Crippen molar-refractivity contribution < 1.29 is 26.7 Å².